The van der Waals surface area contributed by atoms with Crippen LogP contribution < -0.4 is 15.5 Å². The van der Waals surface area contributed by atoms with Crippen molar-refractivity contribution in [1.29, 1.82) is 0 Å². The number of alkyl halides is 2. The number of nitrogen functional groups attached to an aromatic ring is 1. The quantitative estimate of drug-likeness (QED) is 0.796. The normalized spacial score (nSPS) is 31.3. The fraction of sp³-hybridized carbons (Fsp3) is 0.619. The number of nitrogens with zero attached hydrogens (tertiary/aromatic N) is 6. The molecule has 8 nitrogen and oxygen atoms in total. The van der Waals surface area contributed by atoms with E-state index < -0.39 is 11.8 Å². The average molecular weight is 429 g/mol. The molecule has 4 bridgehead atoms. The second-order valence-corrected chi connectivity index (χ2v) is 9.14. The number of anilines is 3. The van der Waals surface area contributed by atoms with Crippen LogP contribution in [0.5, 0.6) is 0 Å². The zero-order valence-electron chi connectivity index (χ0n) is 17.1. The lowest BCUT2D eigenvalue weighted by atomic mass is 9.90. The summed E-state index contributed by atoms with van der Waals surface area (Å²) in [5.74, 6) is -1.76. The van der Waals surface area contributed by atoms with Crippen LogP contribution in [0.1, 0.15) is 32.1 Å². The monoisotopic (exact) mass is 429 g/mol. The van der Waals surface area contributed by atoms with Crippen LogP contribution in [0.4, 0.5) is 26.5 Å². The summed E-state index contributed by atoms with van der Waals surface area (Å²) in [6, 6.07) is 1.97. The first-order chi connectivity index (χ1) is 15.0. The van der Waals surface area contributed by atoms with Gasteiger partial charge in [-0.05, 0) is 19.3 Å². The number of hydrogen-bond acceptors (Lipinski definition) is 8. The third kappa shape index (κ3) is 3.28. The Hall–Kier alpha value is -2.62. The molecule has 4 atom stereocenters. The van der Waals surface area contributed by atoms with Crippen molar-refractivity contribution in [2.45, 2.75) is 56.2 Å². The minimum Gasteiger partial charge on any atom is -0.374 e. The summed E-state index contributed by atoms with van der Waals surface area (Å²) < 4.78 is 34.8. The molecule has 0 amide bonds. The molecule has 2 aromatic rings. The summed E-state index contributed by atoms with van der Waals surface area (Å²) in [6.45, 7) is 1.75. The van der Waals surface area contributed by atoms with Gasteiger partial charge < -0.3 is 20.3 Å². The van der Waals surface area contributed by atoms with Gasteiger partial charge in [-0.25, -0.2) is 23.7 Å². The summed E-state index contributed by atoms with van der Waals surface area (Å²) in [5, 5.41) is 0. The highest BCUT2D eigenvalue weighted by atomic mass is 19.3. The van der Waals surface area contributed by atoms with Gasteiger partial charge in [-0.3, -0.25) is 0 Å². The van der Waals surface area contributed by atoms with Crippen LogP contribution >= 0.6 is 0 Å². The number of aromatic nitrogens is 4. The van der Waals surface area contributed by atoms with Crippen LogP contribution in [0.2, 0.25) is 0 Å². The summed E-state index contributed by atoms with van der Waals surface area (Å²) in [7, 11) is 0. The minimum absolute atomic E-state index is 0.131. The number of piperidine rings is 1. The van der Waals surface area contributed by atoms with E-state index in [1.54, 1.807) is 12.4 Å². The van der Waals surface area contributed by atoms with E-state index in [4.69, 9.17) is 20.4 Å². The van der Waals surface area contributed by atoms with Crippen molar-refractivity contribution >= 4 is 17.7 Å². The predicted octanol–water partition coefficient (Wildman–Crippen LogP) is 2.51. The molecule has 2 aromatic heterocycles. The van der Waals surface area contributed by atoms with E-state index in [9.17, 15) is 8.78 Å². The molecule has 2 N–H and O–H groups in total. The van der Waals surface area contributed by atoms with Crippen LogP contribution in [0.25, 0.3) is 11.3 Å². The molecule has 5 aliphatic rings. The first-order valence-electron chi connectivity index (χ1n) is 11.0. The highest BCUT2D eigenvalue weighted by Crippen LogP contribution is 2.45. The molecule has 31 heavy (non-hydrogen) atoms. The maximum Gasteiger partial charge on any atom is 0.254 e. The summed E-state index contributed by atoms with van der Waals surface area (Å²) in [6.07, 6.45) is 6.45. The largest absolute Gasteiger partial charge is 0.374 e. The van der Waals surface area contributed by atoms with Crippen LogP contribution in [-0.4, -0.2) is 63.7 Å². The molecule has 0 unspecified atom stereocenters. The van der Waals surface area contributed by atoms with Gasteiger partial charge in [0.25, 0.3) is 5.92 Å². The molecule has 7 rings (SSSR count). The van der Waals surface area contributed by atoms with E-state index in [0.717, 1.165) is 37.2 Å². The van der Waals surface area contributed by atoms with Gasteiger partial charge >= 0.3 is 0 Å². The summed E-state index contributed by atoms with van der Waals surface area (Å²) in [5.41, 5.74) is 7.05. The fourth-order valence-corrected chi connectivity index (χ4v) is 5.51. The first kappa shape index (κ1) is 19.1. The molecule has 1 saturated carbocycles. The second-order valence-electron chi connectivity index (χ2n) is 9.14. The lowest BCUT2D eigenvalue weighted by molar-refractivity contribution is -0.0769. The molecule has 6 heterocycles. The Morgan fingerprint density at radius 1 is 1.06 bits per heavy atom. The lowest BCUT2D eigenvalue weighted by Gasteiger charge is -2.41. The van der Waals surface area contributed by atoms with Crippen molar-refractivity contribution in [2.75, 3.05) is 35.2 Å². The van der Waals surface area contributed by atoms with Crippen molar-refractivity contribution < 1.29 is 13.5 Å². The number of hydrogen-bond donors (Lipinski definition) is 1. The average Bonchev–Trinajstić information content (AvgIpc) is 3.29. The standard InChI is InChI=1S/C21H25F2N7O/c22-21(23)6-14-3-1-2-13(21)9-30(14)20-27-17(12-7-25-19(24)26-8-12)5-18(28-20)29-10-16-4-15(29)11-31-16/h5,7-8,13-16H,1-4,6,9-11H2,(H2,24,25,26)/t13-,14-,15+,16+/m1/s1. The highest BCUT2D eigenvalue weighted by Gasteiger charge is 2.50. The Morgan fingerprint density at radius 2 is 1.90 bits per heavy atom. The predicted molar refractivity (Wildman–Crippen MR) is 111 cm³/mol. The zero-order valence-corrected chi connectivity index (χ0v) is 17.1. The Bertz CT molecular complexity index is 988. The molecule has 1 aliphatic carbocycles. The maximum atomic E-state index is 14.5. The summed E-state index contributed by atoms with van der Waals surface area (Å²) in [4.78, 5) is 22.1. The third-order valence-electron chi connectivity index (χ3n) is 7.17. The maximum absolute atomic E-state index is 14.5. The van der Waals surface area contributed by atoms with Crippen molar-refractivity contribution in [3.63, 3.8) is 0 Å². The van der Waals surface area contributed by atoms with Gasteiger partial charge in [0, 0.05) is 55.5 Å². The van der Waals surface area contributed by atoms with Crippen LogP contribution in [0.15, 0.2) is 18.5 Å². The van der Waals surface area contributed by atoms with E-state index in [2.05, 4.69) is 14.9 Å². The fourth-order valence-electron chi connectivity index (χ4n) is 5.51. The molecule has 10 heteroatoms. The van der Waals surface area contributed by atoms with Crippen LogP contribution in [0.3, 0.4) is 0 Å². The van der Waals surface area contributed by atoms with Crippen molar-refractivity contribution in [3.05, 3.63) is 18.5 Å². The first-order valence-corrected chi connectivity index (χ1v) is 11.0. The molecule has 164 valence electrons. The van der Waals surface area contributed by atoms with Gasteiger partial charge in [0.05, 0.1) is 24.4 Å². The summed E-state index contributed by atoms with van der Waals surface area (Å²) >= 11 is 0. The smallest absolute Gasteiger partial charge is 0.254 e. The molecule has 0 radical (unpaired) electrons. The van der Waals surface area contributed by atoms with Crippen LogP contribution in [0, 0.1) is 5.92 Å². The number of nitrogens with two attached hydrogens (primary N) is 1. The van der Waals surface area contributed by atoms with Gasteiger partial charge in [-0.15, -0.1) is 0 Å². The molecular formula is C21H25F2N7O. The molecule has 0 aromatic carbocycles. The van der Waals surface area contributed by atoms with Crippen molar-refractivity contribution in [2.24, 2.45) is 5.92 Å². The number of halogens is 2. The molecule has 0 spiro atoms. The SMILES string of the molecule is Nc1ncc(-c2cc(N3C[C@@H]4C[C@H]3CO4)nc(N3C[C@H]4CCC[C@@H]3CC4(F)F)n2)cn1. The van der Waals surface area contributed by atoms with Gasteiger partial charge in [0.2, 0.25) is 11.9 Å². The zero-order chi connectivity index (χ0) is 21.2. The number of rotatable bonds is 3. The molecule has 4 aliphatic heterocycles. The van der Waals surface area contributed by atoms with Crippen molar-refractivity contribution in [3.8, 4) is 11.3 Å². The molecular weight excluding hydrogens is 404 g/mol. The van der Waals surface area contributed by atoms with Gasteiger partial charge in [-0.1, -0.05) is 6.42 Å². The minimum atomic E-state index is -2.62. The van der Waals surface area contributed by atoms with E-state index in [1.165, 1.54) is 0 Å². The Labute approximate surface area is 178 Å². The topological polar surface area (TPSA) is 93.3 Å². The Balaban J connectivity index is 1.42. The Morgan fingerprint density at radius 3 is 2.65 bits per heavy atom. The third-order valence-corrected chi connectivity index (χ3v) is 7.17. The van der Waals surface area contributed by atoms with Gasteiger partial charge in [0.1, 0.15) is 5.82 Å². The number of morpholine rings is 1. The number of fused-ring (bicyclic) bond motifs is 6. The van der Waals surface area contributed by atoms with E-state index in [-0.39, 0.29) is 37.1 Å². The van der Waals surface area contributed by atoms with Gasteiger partial charge in [-0.2, -0.15) is 4.98 Å². The molecule has 5 fully saturated rings. The second kappa shape index (κ2) is 6.94. The lowest BCUT2D eigenvalue weighted by Crippen LogP contribution is -2.51. The van der Waals surface area contributed by atoms with Crippen LogP contribution in [-0.2, 0) is 4.74 Å². The van der Waals surface area contributed by atoms with Crippen molar-refractivity contribution in [1.82, 2.24) is 19.9 Å². The highest BCUT2D eigenvalue weighted by molar-refractivity contribution is 5.65. The van der Waals surface area contributed by atoms with E-state index >= 15 is 0 Å². The molecule has 4 saturated heterocycles. The van der Waals surface area contributed by atoms with Gasteiger partial charge in [0.15, 0.2) is 0 Å². The van der Waals surface area contributed by atoms with E-state index in [0.29, 0.717) is 24.7 Å². The van der Waals surface area contributed by atoms with E-state index in [1.807, 2.05) is 11.0 Å². The number of ether oxygens (including phenoxy) is 1. The Kier molecular flexibility index (Phi) is 4.28.